The van der Waals surface area contributed by atoms with Gasteiger partial charge in [0.25, 0.3) is 0 Å². The number of rotatable bonds is 4. The van der Waals surface area contributed by atoms with Crippen LogP contribution in [0.1, 0.15) is 27.2 Å². The summed E-state index contributed by atoms with van der Waals surface area (Å²) in [5.41, 5.74) is -1.78. The maximum Gasteiger partial charge on any atom is 0.122 e. The lowest BCUT2D eigenvalue weighted by molar-refractivity contribution is -0.148. The van der Waals surface area contributed by atoms with E-state index >= 15 is 0 Å². The van der Waals surface area contributed by atoms with Crippen LogP contribution < -0.4 is 0 Å². The van der Waals surface area contributed by atoms with Gasteiger partial charge in [0.1, 0.15) is 6.29 Å². The topological polar surface area (TPSA) is 46.5 Å². The normalized spacial score (nSPS) is 17.5. The third kappa shape index (κ3) is 2.27. The van der Waals surface area contributed by atoms with Crippen LogP contribution in [0.5, 0.6) is 0 Å². The van der Waals surface area contributed by atoms with Gasteiger partial charge in [0.2, 0.25) is 0 Å². The van der Waals surface area contributed by atoms with E-state index < -0.39 is 11.2 Å². The summed E-state index contributed by atoms with van der Waals surface area (Å²) in [6.07, 6.45) is 0.786. The molecule has 0 spiro atoms. The Bertz CT molecular complexity index is 138. The van der Waals surface area contributed by atoms with E-state index in [0.29, 0.717) is 6.29 Å². The second kappa shape index (κ2) is 3.32. The molecule has 0 saturated carbocycles. The van der Waals surface area contributed by atoms with Crippen molar-refractivity contribution in [2.45, 2.75) is 38.4 Å². The standard InChI is InChI=1S/C8H16O3/c1-7(2,11-4)8(3,10)5-6-9/h6,10H,5H2,1-4H3. The van der Waals surface area contributed by atoms with Crippen molar-refractivity contribution >= 4 is 6.29 Å². The summed E-state index contributed by atoms with van der Waals surface area (Å²) >= 11 is 0. The zero-order chi connectivity index (χ0) is 9.12. The molecule has 0 aromatic heterocycles. The average molecular weight is 160 g/mol. The average Bonchev–Trinajstić information content (AvgIpc) is 1.87. The molecule has 11 heavy (non-hydrogen) atoms. The Labute approximate surface area is 67.4 Å². The van der Waals surface area contributed by atoms with Gasteiger partial charge >= 0.3 is 0 Å². The fraction of sp³-hybridized carbons (Fsp3) is 0.875. The van der Waals surface area contributed by atoms with E-state index in [9.17, 15) is 9.90 Å². The molecule has 0 radical (unpaired) electrons. The first-order valence-corrected chi connectivity index (χ1v) is 3.58. The first kappa shape index (κ1) is 10.6. The predicted molar refractivity (Wildman–Crippen MR) is 42.4 cm³/mol. The molecule has 0 heterocycles. The largest absolute Gasteiger partial charge is 0.387 e. The van der Waals surface area contributed by atoms with Gasteiger partial charge < -0.3 is 14.6 Å². The molecule has 0 aromatic carbocycles. The van der Waals surface area contributed by atoms with E-state index in [1.165, 1.54) is 7.11 Å². The van der Waals surface area contributed by atoms with Crippen molar-refractivity contribution in [3.8, 4) is 0 Å². The minimum atomic E-state index is -1.09. The molecule has 0 fully saturated rings. The fourth-order valence-electron chi connectivity index (χ4n) is 0.628. The monoisotopic (exact) mass is 160 g/mol. The number of methoxy groups -OCH3 is 1. The van der Waals surface area contributed by atoms with E-state index in [1.807, 2.05) is 0 Å². The van der Waals surface area contributed by atoms with Crippen LogP contribution in [0, 0.1) is 0 Å². The lowest BCUT2D eigenvalue weighted by Gasteiger charge is -2.37. The van der Waals surface area contributed by atoms with Crippen molar-refractivity contribution in [3.63, 3.8) is 0 Å². The zero-order valence-electron chi connectivity index (χ0n) is 7.55. The van der Waals surface area contributed by atoms with Gasteiger partial charge in [-0.05, 0) is 20.8 Å². The molecular formula is C8H16O3. The Morgan fingerprint density at radius 1 is 1.45 bits per heavy atom. The molecule has 0 aliphatic carbocycles. The number of hydrogen-bond donors (Lipinski definition) is 1. The van der Waals surface area contributed by atoms with Crippen LogP contribution in [0.4, 0.5) is 0 Å². The maximum atomic E-state index is 10.2. The first-order valence-electron chi connectivity index (χ1n) is 3.58. The highest BCUT2D eigenvalue weighted by atomic mass is 16.5. The molecular weight excluding hydrogens is 144 g/mol. The summed E-state index contributed by atoms with van der Waals surface area (Å²) in [5.74, 6) is 0. The van der Waals surface area contributed by atoms with Gasteiger partial charge in [-0.1, -0.05) is 0 Å². The Hall–Kier alpha value is -0.410. The molecule has 3 heteroatoms. The van der Waals surface area contributed by atoms with Crippen molar-refractivity contribution in [2.75, 3.05) is 7.11 Å². The highest BCUT2D eigenvalue weighted by Gasteiger charge is 2.38. The lowest BCUT2D eigenvalue weighted by atomic mass is 9.85. The molecule has 3 nitrogen and oxygen atoms in total. The zero-order valence-corrected chi connectivity index (χ0v) is 7.55. The van der Waals surface area contributed by atoms with Crippen LogP contribution in [-0.4, -0.2) is 29.7 Å². The minimum Gasteiger partial charge on any atom is -0.387 e. The Kier molecular flexibility index (Phi) is 3.20. The molecule has 66 valence electrons. The highest BCUT2D eigenvalue weighted by molar-refractivity contribution is 5.51. The van der Waals surface area contributed by atoms with Gasteiger partial charge in [0.05, 0.1) is 11.2 Å². The molecule has 0 rings (SSSR count). The number of hydrogen-bond acceptors (Lipinski definition) is 3. The molecule has 1 atom stereocenters. The van der Waals surface area contributed by atoms with Gasteiger partial charge in [-0.25, -0.2) is 0 Å². The first-order chi connectivity index (χ1) is 4.87. The third-order valence-electron chi connectivity index (χ3n) is 2.29. The van der Waals surface area contributed by atoms with E-state index in [0.717, 1.165) is 0 Å². The molecule has 0 aliphatic heterocycles. The van der Waals surface area contributed by atoms with Crippen molar-refractivity contribution in [1.29, 1.82) is 0 Å². The SMILES string of the molecule is COC(C)(C)C(C)(O)CC=O. The van der Waals surface area contributed by atoms with Gasteiger partial charge in [-0.15, -0.1) is 0 Å². The van der Waals surface area contributed by atoms with Crippen LogP contribution in [0.3, 0.4) is 0 Å². The lowest BCUT2D eigenvalue weighted by Crippen LogP contribution is -2.49. The summed E-state index contributed by atoms with van der Waals surface area (Å²) in [4.78, 5) is 10.2. The van der Waals surface area contributed by atoms with Crippen LogP contribution >= 0.6 is 0 Å². The number of carbonyl (C=O) groups is 1. The summed E-state index contributed by atoms with van der Waals surface area (Å²) in [5, 5.41) is 9.69. The van der Waals surface area contributed by atoms with E-state index in [1.54, 1.807) is 20.8 Å². The van der Waals surface area contributed by atoms with E-state index in [-0.39, 0.29) is 6.42 Å². The quantitative estimate of drug-likeness (QED) is 0.617. The van der Waals surface area contributed by atoms with Gasteiger partial charge in [0.15, 0.2) is 0 Å². The second-order valence-corrected chi connectivity index (χ2v) is 3.36. The van der Waals surface area contributed by atoms with Crippen LogP contribution in [0.25, 0.3) is 0 Å². The number of ether oxygens (including phenoxy) is 1. The molecule has 0 bridgehead atoms. The van der Waals surface area contributed by atoms with Crippen molar-refractivity contribution in [1.82, 2.24) is 0 Å². The molecule has 1 unspecified atom stereocenters. The van der Waals surface area contributed by atoms with Crippen molar-refractivity contribution in [3.05, 3.63) is 0 Å². The summed E-state index contributed by atoms with van der Waals surface area (Å²) < 4.78 is 5.05. The predicted octanol–water partition coefficient (Wildman–Crippen LogP) is 0.751. The molecule has 0 aromatic rings. The van der Waals surface area contributed by atoms with E-state index in [2.05, 4.69) is 0 Å². The number of carbonyl (C=O) groups excluding carboxylic acids is 1. The van der Waals surface area contributed by atoms with Crippen LogP contribution in [0.2, 0.25) is 0 Å². The molecule has 0 aliphatic rings. The maximum absolute atomic E-state index is 10.2. The number of aliphatic hydroxyl groups is 1. The van der Waals surface area contributed by atoms with Gasteiger partial charge in [-0.2, -0.15) is 0 Å². The molecule has 1 N–H and O–H groups in total. The minimum absolute atomic E-state index is 0.0911. The van der Waals surface area contributed by atoms with Gasteiger partial charge in [0, 0.05) is 13.5 Å². The van der Waals surface area contributed by atoms with Crippen LogP contribution in [0.15, 0.2) is 0 Å². The van der Waals surface area contributed by atoms with Crippen LogP contribution in [-0.2, 0) is 9.53 Å². The molecule has 0 amide bonds. The van der Waals surface area contributed by atoms with Gasteiger partial charge in [-0.3, -0.25) is 0 Å². The fourth-order valence-corrected chi connectivity index (χ4v) is 0.628. The summed E-state index contributed by atoms with van der Waals surface area (Å²) in [6, 6.07) is 0. The summed E-state index contributed by atoms with van der Waals surface area (Å²) in [7, 11) is 1.51. The third-order valence-corrected chi connectivity index (χ3v) is 2.29. The summed E-state index contributed by atoms with van der Waals surface area (Å²) in [6.45, 7) is 5.08. The van der Waals surface area contributed by atoms with Crippen molar-refractivity contribution < 1.29 is 14.6 Å². The van der Waals surface area contributed by atoms with Crippen molar-refractivity contribution in [2.24, 2.45) is 0 Å². The Morgan fingerprint density at radius 2 is 1.91 bits per heavy atom. The Balaban J connectivity index is 4.38. The molecule has 0 saturated heterocycles. The van der Waals surface area contributed by atoms with E-state index in [4.69, 9.17) is 4.74 Å². The second-order valence-electron chi connectivity index (χ2n) is 3.36. The highest BCUT2D eigenvalue weighted by Crippen LogP contribution is 2.26. The number of aldehydes is 1. The smallest absolute Gasteiger partial charge is 0.122 e. The Morgan fingerprint density at radius 3 is 2.18 bits per heavy atom.